The molecule has 1 aromatic rings. The summed E-state index contributed by atoms with van der Waals surface area (Å²) >= 11 is 5.72. The fourth-order valence-electron chi connectivity index (χ4n) is 0.754. The first-order valence-electron chi connectivity index (χ1n) is 3.89. The van der Waals surface area contributed by atoms with Crippen molar-refractivity contribution < 1.29 is 9.90 Å². The largest absolute Gasteiger partial charge is 0.477 e. The number of rotatable bonds is 3. The Morgan fingerprint density at radius 2 is 2.29 bits per heavy atom. The highest BCUT2D eigenvalue weighted by molar-refractivity contribution is 6.34. The van der Waals surface area contributed by atoms with Gasteiger partial charge in [0.2, 0.25) is 0 Å². The van der Waals surface area contributed by atoms with Gasteiger partial charge in [0, 0.05) is 5.02 Å². The average Bonchev–Trinajstić information content (AvgIpc) is 2.14. The van der Waals surface area contributed by atoms with E-state index in [1.807, 2.05) is 0 Å². The van der Waals surface area contributed by atoms with Crippen molar-refractivity contribution in [2.45, 2.75) is 6.92 Å². The number of aliphatic carboxylic acids is 1. The van der Waals surface area contributed by atoms with Crippen LogP contribution in [0.4, 0.5) is 5.69 Å². The number of anilines is 1. The van der Waals surface area contributed by atoms with Gasteiger partial charge in [-0.25, -0.2) is 4.79 Å². The third-order valence-corrected chi connectivity index (χ3v) is 1.72. The molecule has 0 aliphatic carbocycles. The van der Waals surface area contributed by atoms with Gasteiger partial charge in [-0.15, -0.1) is 0 Å². The first-order valence-corrected chi connectivity index (χ1v) is 4.26. The predicted octanol–water partition coefficient (Wildman–Crippen LogP) is 2.21. The molecule has 0 amide bonds. The molecule has 2 N–H and O–H groups in total. The topological polar surface area (TPSA) is 61.7 Å². The zero-order valence-electron chi connectivity index (χ0n) is 7.49. The van der Waals surface area contributed by atoms with E-state index in [0.29, 0.717) is 10.7 Å². The third-order valence-electron chi connectivity index (χ3n) is 1.49. The van der Waals surface area contributed by atoms with Gasteiger partial charge < -0.3 is 5.11 Å². The van der Waals surface area contributed by atoms with E-state index in [1.165, 1.54) is 6.92 Å². The lowest BCUT2D eigenvalue weighted by Gasteiger charge is -2.00. The molecule has 0 atom stereocenters. The van der Waals surface area contributed by atoms with Gasteiger partial charge in [0.25, 0.3) is 0 Å². The summed E-state index contributed by atoms with van der Waals surface area (Å²) in [4.78, 5) is 10.4. The highest BCUT2D eigenvalue weighted by Crippen LogP contribution is 2.14. The third kappa shape index (κ3) is 3.06. The van der Waals surface area contributed by atoms with Crippen molar-refractivity contribution in [3.63, 3.8) is 0 Å². The van der Waals surface area contributed by atoms with Crippen LogP contribution in [-0.4, -0.2) is 16.8 Å². The lowest BCUT2D eigenvalue weighted by Crippen LogP contribution is -2.10. The SMILES string of the molecule is C/C(=N\Nc1cccc(Cl)c1)C(=O)O. The van der Waals surface area contributed by atoms with Crippen molar-refractivity contribution in [2.75, 3.05) is 5.43 Å². The second-order valence-electron chi connectivity index (χ2n) is 2.62. The van der Waals surface area contributed by atoms with Crippen LogP contribution in [0.5, 0.6) is 0 Å². The smallest absolute Gasteiger partial charge is 0.351 e. The van der Waals surface area contributed by atoms with E-state index < -0.39 is 5.97 Å². The molecule has 0 bridgehead atoms. The number of nitrogens with zero attached hydrogens (tertiary/aromatic N) is 1. The molecule has 0 spiro atoms. The van der Waals surface area contributed by atoms with Gasteiger partial charge in [0.1, 0.15) is 5.71 Å². The average molecular weight is 213 g/mol. The van der Waals surface area contributed by atoms with Gasteiger partial charge >= 0.3 is 5.97 Å². The molecule has 0 unspecified atom stereocenters. The van der Waals surface area contributed by atoms with E-state index in [-0.39, 0.29) is 5.71 Å². The first kappa shape index (κ1) is 10.5. The Morgan fingerprint density at radius 1 is 1.57 bits per heavy atom. The number of hydrogen-bond acceptors (Lipinski definition) is 3. The van der Waals surface area contributed by atoms with E-state index in [1.54, 1.807) is 24.3 Å². The number of hydrazone groups is 1. The van der Waals surface area contributed by atoms with Crippen molar-refractivity contribution in [2.24, 2.45) is 5.10 Å². The summed E-state index contributed by atoms with van der Waals surface area (Å²) in [5, 5.41) is 12.7. The minimum absolute atomic E-state index is 0.00928. The van der Waals surface area contributed by atoms with E-state index in [4.69, 9.17) is 16.7 Å². The summed E-state index contributed by atoms with van der Waals surface area (Å²) in [7, 11) is 0. The number of carboxylic acid groups (broad SMARTS) is 1. The van der Waals surface area contributed by atoms with Crippen LogP contribution in [0.3, 0.4) is 0 Å². The van der Waals surface area contributed by atoms with Crippen molar-refractivity contribution in [1.29, 1.82) is 0 Å². The maximum Gasteiger partial charge on any atom is 0.351 e. The van der Waals surface area contributed by atoms with E-state index in [0.717, 1.165) is 0 Å². The van der Waals surface area contributed by atoms with E-state index >= 15 is 0 Å². The van der Waals surface area contributed by atoms with Crippen molar-refractivity contribution in [1.82, 2.24) is 0 Å². The van der Waals surface area contributed by atoms with Crippen LogP contribution in [-0.2, 0) is 4.79 Å². The van der Waals surface area contributed by atoms with E-state index in [2.05, 4.69) is 10.5 Å². The Kier molecular flexibility index (Phi) is 3.48. The fraction of sp³-hybridized carbons (Fsp3) is 0.111. The molecule has 0 aliphatic heterocycles. The van der Waals surface area contributed by atoms with Gasteiger partial charge in [0.15, 0.2) is 0 Å². The molecule has 4 nitrogen and oxygen atoms in total. The molecule has 0 aromatic heterocycles. The van der Waals surface area contributed by atoms with Gasteiger partial charge in [-0.3, -0.25) is 5.43 Å². The first-order chi connectivity index (χ1) is 6.59. The lowest BCUT2D eigenvalue weighted by atomic mass is 10.3. The summed E-state index contributed by atoms with van der Waals surface area (Å²) in [6, 6.07) is 6.86. The van der Waals surface area contributed by atoms with Crippen LogP contribution < -0.4 is 5.43 Å². The standard InChI is InChI=1S/C9H9ClN2O2/c1-6(9(13)14)11-12-8-4-2-3-7(10)5-8/h2-5,12H,1H3,(H,13,14)/b11-6+. The summed E-state index contributed by atoms with van der Waals surface area (Å²) < 4.78 is 0. The number of carbonyl (C=O) groups is 1. The Hall–Kier alpha value is -1.55. The molecule has 14 heavy (non-hydrogen) atoms. The molecule has 0 saturated carbocycles. The molecule has 0 saturated heterocycles. The van der Waals surface area contributed by atoms with Crippen LogP contribution in [0.2, 0.25) is 5.02 Å². The fourth-order valence-corrected chi connectivity index (χ4v) is 0.945. The Balaban J connectivity index is 2.71. The van der Waals surface area contributed by atoms with Crippen LogP contribution in [0.25, 0.3) is 0 Å². The lowest BCUT2D eigenvalue weighted by molar-refractivity contribution is -0.129. The summed E-state index contributed by atoms with van der Waals surface area (Å²) in [5.74, 6) is -1.06. The molecule has 0 fully saturated rings. The number of hydrogen-bond donors (Lipinski definition) is 2. The van der Waals surface area contributed by atoms with Gasteiger partial charge in [0.05, 0.1) is 5.69 Å². The summed E-state index contributed by atoms with van der Waals surface area (Å²) in [6.45, 7) is 1.40. The van der Waals surface area contributed by atoms with Crippen LogP contribution in [0, 0.1) is 0 Å². The normalized spacial score (nSPS) is 11.1. The number of nitrogens with one attached hydrogen (secondary N) is 1. The summed E-state index contributed by atoms with van der Waals surface area (Å²) in [5.41, 5.74) is 3.23. The zero-order valence-corrected chi connectivity index (χ0v) is 8.25. The van der Waals surface area contributed by atoms with Gasteiger partial charge in [-0.1, -0.05) is 17.7 Å². The van der Waals surface area contributed by atoms with Crippen molar-refractivity contribution in [3.05, 3.63) is 29.3 Å². The quantitative estimate of drug-likeness (QED) is 0.597. The Morgan fingerprint density at radius 3 is 2.86 bits per heavy atom. The van der Waals surface area contributed by atoms with Gasteiger partial charge in [-0.2, -0.15) is 5.10 Å². The maximum absolute atomic E-state index is 10.4. The number of carboxylic acids is 1. The minimum atomic E-state index is -1.06. The Bertz CT molecular complexity index is 377. The second kappa shape index (κ2) is 4.62. The van der Waals surface area contributed by atoms with Crippen LogP contribution in [0.15, 0.2) is 29.4 Å². The minimum Gasteiger partial charge on any atom is -0.477 e. The molecule has 1 aromatic carbocycles. The highest BCUT2D eigenvalue weighted by atomic mass is 35.5. The molecular formula is C9H9ClN2O2. The molecule has 74 valence electrons. The number of halogens is 1. The second-order valence-corrected chi connectivity index (χ2v) is 3.06. The summed E-state index contributed by atoms with van der Waals surface area (Å²) in [6.07, 6.45) is 0. The Labute approximate surface area is 86.2 Å². The number of benzene rings is 1. The molecule has 5 heteroatoms. The van der Waals surface area contributed by atoms with Gasteiger partial charge in [-0.05, 0) is 25.1 Å². The van der Waals surface area contributed by atoms with Crippen molar-refractivity contribution in [3.8, 4) is 0 Å². The maximum atomic E-state index is 10.4. The molecule has 0 heterocycles. The van der Waals surface area contributed by atoms with Crippen molar-refractivity contribution >= 4 is 29.0 Å². The predicted molar refractivity (Wildman–Crippen MR) is 55.8 cm³/mol. The van der Waals surface area contributed by atoms with Crippen LogP contribution >= 0.6 is 11.6 Å². The molecule has 1 rings (SSSR count). The van der Waals surface area contributed by atoms with E-state index in [9.17, 15) is 4.79 Å². The molecule has 0 aliphatic rings. The highest BCUT2D eigenvalue weighted by Gasteiger charge is 2.00. The zero-order chi connectivity index (χ0) is 10.6. The molecule has 0 radical (unpaired) electrons. The van der Waals surface area contributed by atoms with Crippen LogP contribution in [0.1, 0.15) is 6.92 Å². The monoisotopic (exact) mass is 212 g/mol. The molecular weight excluding hydrogens is 204 g/mol.